The summed E-state index contributed by atoms with van der Waals surface area (Å²) in [4.78, 5) is 0. The van der Waals surface area contributed by atoms with Gasteiger partial charge in [-0.25, -0.2) is 0 Å². The molecule has 18 heavy (non-hydrogen) atoms. The number of piperazine rings is 1. The Labute approximate surface area is 113 Å². The molecular weight excluding hydrogens is 224 g/mol. The molecule has 6 atom stereocenters. The molecule has 0 saturated carbocycles. The van der Waals surface area contributed by atoms with E-state index >= 15 is 0 Å². The highest BCUT2D eigenvalue weighted by Crippen LogP contribution is 2.28. The Hall–Kier alpha value is -0.120. The lowest BCUT2D eigenvalue weighted by Crippen LogP contribution is -2.61. The monoisotopic (exact) mass is 256 g/mol. The minimum absolute atomic E-state index is 0.156. The van der Waals surface area contributed by atoms with Gasteiger partial charge in [-0.2, -0.15) is 0 Å². The first kappa shape index (κ1) is 15.9. The first-order valence-corrected chi connectivity index (χ1v) is 7.72. The van der Waals surface area contributed by atoms with E-state index in [1.807, 2.05) is 0 Å². The third-order valence-electron chi connectivity index (χ3n) is 4.81. The summed E-state index contributed by atoms with van der Waals surface area (Å²) in [7, 11) is 0. The van der Waals surface area contributed by atoms with Crippen molar-refractivity contribution < 1.29 is 5.11 Å². The van der Waals surface area contributed by atoms with Gasteiger partial charge in [0.15, 0.2) is 0 Å². The van der Waals surface area contributed by atoms with Gasteiger partial charge >= 0.3 is 0 Å². The molecule has 3 nitrogen and oxygen atoms in total. The third kappa shape index (κ3) is 3.69. The molecule has 1 aliphatic rings. The summed E-state index contributed by atoms with van der Waals surface area (Å²) < 4.78 is 0. The second-order valence-corrected chi connectivity index (χ2v) is 5.88. The van der Waals surface area contributed by atoms with Gasteiger partial charge < -0.3 is 15.7 Å². The molecule has 0 spiro atoms. The predicted octanol–water partition coefficient (Wildman–Crippen LogP) is 2.15. The van der Waals surface area contributed by atoms with E-state index in [1.54, 1.807) is 0 Å². The van der Waals surface area contributed by atoms with Crippen molar-refractivity contribution in [1.82, 2.24) is 10.6 Å². The zero-order chi connectivity index (χ0) is 13.7. The van der Waals surface area contributed by atoms with Gasteiger partial charge in [-0.05, 0) is 32.1 Å². The number of rotatable bonds is 6. The van der Waals surface area contributed by atoms with Crippen molar-refractivity contribution in [3.05, 3.63) is 0 Å². The van der Waals surface area contributed by atoms with Gasteiger partial charge in [0.1, 0.15) is 0 Å². The van der Waals surface area contributed by atoms with Gasteiger partial charge in [-0.1, -0.05) is 33.6 Å². The van der Waals surface area contributed by atoms with Crippen LogP contribution in [0.15, 0.2) is 0 Å². The molecule has 0 amide bonds. The van der Waals surface area contributed by atoms with Gasteiger partial charge in [0, 0.05) is 24.7 Å². The van der Waals surface area contributed by atoms with Gasteiger partial charge in [-0.3, -0.25) is 0 Å². The third-order valence-corrected chi connectivity index (χ3v) is 4.81. The maximum Gasteiger partial charge on any atom is 0.0568 e. The average Bonchev–Trinajstić information content (AvgIpc) is 2.38. The van der Waals surface area contributed by atoms with Crippen LogP contribution >= 0.6 is 0 Å². The molecule has 1 heterocycles. The van der Waals surface area contributed by atoms with E-state index in [2.05, 4.69) is 45.3 Å². The molecule has 0 radical (unpaired) electrons. The Morgan fingerprint density at radius 3 is 2.17 bits per heavy atom. The smallest absolute Gasteiger partial charge is 0.0568 e. The van der Waals surface area contributed by atoms with Crippen LogP contribution in [0.25, 0.3) is 0 Å². The highest BCUT2D eigenvalue weighted by Gasteiger charge is 2.34. The molecular formula is C15H32N2O. The zero-order valence-electron chi connectivity index (χ0n) is 12.7. The maximum atomic E-state index is 10.2. The second-order valence-electron chi connectivity index (χ2n) is 5.88. The van der Waals surface area contributed by atoms with Crippen molar-refractivity contribution in [3.63, 3.8) is 0 Å². The van der Waals surface area contributed by atoms with Crippen LogP contribution in [0.3, 0.4) is 0 Å². The molecule has 108 valence electrons. The Morgan fingerprint density at radius 2 is 1.72 bits per heavy atom. The molecule has 3 heteroatoms. The quantitative estimate of drug-likeness (QED) is 0.682. The number of hydrogen-bond donors (Lipinski definition) is 3. The van der Waals surface area contributed by atoms with Crippen LogP contribution < -0.4 is 10.6 Å². The van der Waals surface area contributed by atoms with E-state index < -0.39 is 0 Å². The summed E-state index contributed by atoms with van der Waals surface area (Å²) in [6.07, 6.45) is 2.91. The van der Waals surface area contributed by atoms with Crippen molar-refractivity contribution in [2.75, 3.05) is 6.54 Å². The molecule has 1 rings (SSSR count). The highest BCUT2D eigenvalue weighted by molar-refractivity contribution is 4.93. The molecule has 1 fully saturated rings. The normalized spacial score (nSPS) is 34.0. The van der Waals surface area contributed by atoms with Crippen molar-refractivity contribution >= 4 is 0 Å². The summed E-state index contributed by atoms with van der Waals surface area (Å²) in [5.41, 5.74) is 0. The van der Waals surface area contributed by atoms with Gasteiger partial charge in [0.25, 0.3) is 0 Å². The first-order valence-electron chi connectivity index (χ1n) is 7.72. The van der Waals surface area contributed by atoms with Crippen molar-refractivity contribution in [1.29, 1.82) is 0 Å². The van der Waals surface area contributed by atoms with E-state index in [4.69, 9.17) is 0 Å². The summed E-state index contributed by atoms with van der Waals surface area (Å²) in [5.74, 6) is 0.979. The minimum Gasteiger partial charge on any atom is -0.393 e. The number of nitrogens with one attached hydrogen (secondary N) is 2. The lowest BCUT2D eigenvalue weighted by atomic mass is 9.77. The molecule has 0 aliphatic carbocycles. The van der Waals surface area contributed by atoms with Gasteiger partial charge in [0.05, 0.1) is 6.10 Å². The van der Waals surface area contributed by atoms with Crippen LogP contribution in [0, 0.1) is 11.8 Å². The zero-order valence-corrected chi connectivity index (χ0v) is 12.7. The van der Waals surface area contributed by atoms with Crippen LogP contribution in [-0.4, -0.2) is 35.9 Å². The molecule has 3 N–H and O–H groups in total. The fourth-order valence-corrected chi connectivity index (χ4v) is 3.35. The Morgan fingerprint density at radius 1 is 1.06 bits per heavy atom. The summed E-state index contributed by atoms with van der Waals surface area (Å²) >= 11 is 0. The average molecular weight is 256 g/mol. The standard InChI is InChI=1S/C15H32N2O/c1-6-12(13(7-2)15(18)8-3)14-9-16-10(4)11(5)17-14/h10-18H,6-9H2,1-5H3. The van der Waals surface area contributed by atoms with Crippen LogP contribution in [-0.2, 0) is 0 Å². The lowest BCUT2D eigenvalue weighted by molar-refractivity contribution is 0.0435. The number of aliphatic hydroxyl groups excluding tert-OH is 1. The lowest BCUT2D eigenvalue weighted by Gasteiger charge is -2.42. The Kier molecular flexibility index (Phi) is 6.61. The van der Waals surface area contributed by atoms with Gasteiger partial charge in [-0.15, -0.1) is 0 Å². The van der Waals surface area contributed by atoms with E-state index in [9.17, 15) is 5.11 Å². The molecule has 1 saturated heterocycles. The van der Waals surface area contributed by atoms with Crippen molar-refractivity contribution in [3.8, 4) is 0 Å². The number of aliphatic hydroxyl groups is 1. The largest absolute Gasteiger partial charge is 0.393 e. The van der Waals surface area contributed by atoms with E-state index in [1.165, 1.54) is 0 Å². The second kappa shape index (κ2) is 7.46. The van der Waals surface area contributed by atoms with Crippen molar-refractivity contribution in [2.24, 2.45) is 11.8 Å². The molecule has 6 unspecified atom stereocenters. The SMILES string of the molecule is CCC(O)C(CC)C(CC)C1CNC(C)C(C)N1. The first-order chi connectivity index (χ1) is 8.54. The molecule has 1 aliphatic heterocycles. The van der Waals surface area contributed by atoms with Crippen LogP contribution in [0.1, 0.15) is 53.9 Å². The fourth-order valence-electron chi connectivity index (χ4n) is 3.35. The number of hydrogen-bond acceptors (Lipinski definition) is 3. The van der Waals surface area contributed by atoms with Crippen LogP contribution in [0.2, 0.25) is 0 Å². The molecule has 0 bridgehead atoms. The van der Waals surface area contributed by atoms with Crippen LogP contribution in [0.5, 0.6) is 0 Å². The minimum atomic E-state index is -0.156. The van der Waals surface area contributed by atoms with E-state index in [0.29, 0.717) is 30.0 Å². The van der Waals surface area contributed by atoms with Crippen molar-refractivity contribution in [2.45, 2.75) is 78.1 Å². The Balaban J connectivity index is 2.69. The summed E-state index contributed by atoms with van der Waals surface area (Å²) in [6.45, 7) is 12.0. The van der Waals surface area contributed by atoms with Crippen LogP contribution in [0.4, 0.5) is 0 Å². The van der Waals surface area contributed by atoms with E-state index in [0.717, 1.165) is 25.8 Å². The predicted molar refractivity (Wildman–Crippen MR) is 77.7 cm³/mol. The highest BCUT2D eigenvalue weighted by atomic mass is 16.3. The van der Waals surface area contributed by atoms with E-state index in [-0.39, 0.29) is 6.10 Å². The molecule has 0 aromatic heterocycles. The Bertz CT molecular complexity index is 235. The topological polar surface area (TPSA) is 44.3 Å². The fraction of sp³-hybridized carbons (Fsp3) is 1.00. The molecule has 0 aromatic carbocycles. The maximum absolute atomic E-state index is 10.2. The van der Waals surface area contributed by atoms with Gasteiger partial charge in [0.2, 0.25) is 0 Å². The molecule has 0 aromatic rings. The summed E-state index contributed by atoms with van der Waals surface area (Å²) in [6, 6.07) is 1.54. The summed E-state index contributed by atoms with van der Waals surface area (Å²) in [5, 5.41) is 17.5.